The number of nitrogens with zero attached hydrogens (tertiary/aromatic N) is 1. The molecule has 1 unspecified atom stereocenters. The molecule has 118 valence electrons. The summed E-state index contributed by atoms with van der Waals surface area (Å²) in [7, 11) is 3.64. The fourth-order valence-corrected chi connectivity index (χ4v) is 2.85. The van der Waals surface area contributed by atoms with E-state index in [1.807, 2.05) is 0 Å². The summed E-state index contributed by atoms with van der Waals surface area (Å²) in [4.78, 5) is 2.30. The molecule has 1 heterocycles. The Balaban J connectivity index is 1.93. The molecule has 1 atom stereocenters. The van der Waals surface area contributed by atoms with E-state index in [0.29, 0.717) is 23.8 Å². The molecule has 0 amide bonds. The van der Waals surface area contributed by atoms with Crippen LogP contribution in [0.25, 0.3) is 0 Å². The average Bonchev–Trinajstić information content (AvgIpc) is 2.52. The highest BCUT2D eigenvalue weighted by molar-refractivity contribution is 5.37. The molecule has 4 nitrogen and oxygen atoms in total. The molecule has 1 aliphatic rings. The van der Waals surface area contributed by atoms with Crippen LogP contribution in [0.1, 0.15) is 30.9 Å². The Bertz CT molecular complexity index is 450. The van der Waals surface area contributed by atoms with Crippen molar-refractivity contribution in [2.24, 2.45) is 5.73 Å². The first-order valence-electron chi connectivity index (χ1n) is 7.49. The minimum absolute atomic E-state index is 0.296. The van der Waals surface area contributed by atoms with E-state index < -0.39 is 0 Å². The number of benzene rings is 1. The maximum atomic E-state index is 14.0. The molecule has 1 saturated heterocycles. The van der Waals surface area contributed by atoms with Crippen molar-refractivity contribution in [1.82, 2.24) is 4.90 Å². The third-order valence-electron chi connectivity index (χ3n) is 4.21. The van der Waals surface area contributed by atoms with E-state index >= 15 is 0 Å². The maximum Gasteiger partial charge on any atom is 0.131 e. The Labute approximate surface area is 126 Å². The number of halogens is 1. The van der Waals surface area contributed by atoms with Gasteiger partial charge in [0.2, 0.25) is 0 Å². The zero-order valence-electron chi connectivity index (χ0n) is 12.8. The summed E-state index contributed by atoms with van der Waals surface area (Å²) in [5.41, 5.74) is 6.65. The molecule has 0 spiro atoms. The molecule has 0 radical (unpaired) electrons. The van der Waals surface area contributed by atoms with Gasteiger partial charge in [-0.2, -0.15) is 0 Å². The second kappa shape index (κ2) is 7.73. The molecule has 2 N–H and O–H groups in total. The summed E-state index contributed by atoms with van der Waals surface area (Å²) in [5.74, 6) is 0.229. The summed E-state index contributed by atoms with van der Waals surface area (Å²) in [6.07, 6.45) is 2.80. The van der Waals surface area contributed by atoms with E-state index in [1.54, 1.807) is 19.2 Å². The molecule has 1 aromatic carbocycles. The third kappa shape index (κ3) is 4.15. The van der Waals surface area contributed by atoms with Crippen LogP contribution >= 0.6 is 0 Å². The van der Waals surface area contributed by atoms with Crippen molar-refractivity contribution in [3.05, 3.63) is 29.6 Å². The number of hydrogen-bond donors (Lipinski definition) is 1. The van der Waals surface area contributed by atoms with Crippen LogP contribution in [0.3, 0.4) is 0 Å². The molecule has 21 heavy (non-hydrogen) atoms. The topological polar surface area (TPSA) is 47.7 Å². The molecule has 1 fully saturated rings. The molecule has 1 aromatic rings. The van der Waals surface area contributed by atoms with Crippen LogP contribution in [-0.2, 0) is 4.74 Å². The zero-order valence-corrected chi connectivity index (χ0v) is 12.8. The van der Waals surface area contributed by atoms with Crippen LogP contribution in [-0.4, -0.2) is 44.9 Å². The molecule has 0 saturated carbocycles. The largest absolute Gasteiger partial charge is 0.496 e. The minimum Gasteiger partial charge on any atom is -0.496 e. The summed E-state index contributed by atoms with van der Waals surface area (Å²) >= 11 is 0. The highest BCUT2D eigenvalue weighted by Crippen LogP contribution is 2.28. The van der Waals surface area contributed by atoms with Crippen molar-refractivity contribution < 1.29 is 13.9 Å². The first-order valence-corrected chi connectivity index (χ1v) is 7.49. The van der Waals surface area contributed by atoms with Gasteiger partial charge >= 0.3 is 0 Å². The van der Waals surface area contributed by atoms with Crippen LogP contribution in [0.5, 0.6) is 5.75 Å². The van der Waals surface area contributed by atoms with E-state index in [1.165, 1.54) is 6.07 Å². The lowest BCUT2D eigenvalue weighted by Crippen LogP contribution is -2.38. The van der Waals surface area contributed by atoms with Crippen molar-refractivity contribution in [3.63, 3.8) is 0 Å². The number of nitrogens with two attached hydrogens (primary N) is 1. The number of methoxy groups -OCH3 is 1. The summed E-state index contributed by atoms with van der Waals surface area (Å²) in [6.45, 7) is 2.48. The van der Waals surface area contributed by atoms with E-state index in [0.717, 1.165) is 32.6 Å². The Kier molecular flexibility index (Phi) is 5.96. The van der Waals surface area contributed by atoms with Gasteiger partial charge in [-0.1, -0.05) is 6.07 Å². The Morgan fingerprint density at radius 1 is 1.43 bits per heavy atom. The first kappa shape index (κ1) is 16.2. The average molecular weight is 296 g/mol. The molecular weight excluding hydrogens is 271 g/mol. The van der Waals surface area contributed by atoms with Crippen LogP contribution in [0, 0.1) is 5.82 Å². The first-order chi connectivity index (χ1) is 10.1. The SMILES string of the molecule is COc1cccc(F)c1C(N)CCN(C)C1CCOCC1. The normalized spacial score (nSPS) is 18.0. The smallest absolute Gasteiger partial charge is 0.131 e. The third-order valence-corrected chi connectivity index (χ3v) is 4.21. The monoisotopic (exact) mass is 296 g/mol. The van der Waals surface area contributed by atoms with Gasteiger partial charge in [0.15, 0.2) is 0 Å². The van der Waals surface area contributed by atoms with Crippen molar-refractivity contribution >= 4 is 0 Å². The summed E-state index contributed by atoms with van der Waals surface area (Å²) in [5, 5.41) is 0. The van der Waals surface area contributed by atoms with Gasteiger partial charge in [0.05, 0.1) is 7.11 Å². The van der Waals surface area contributed by atoms with Crippen LogP contribution < -0.4 is 10.5 Å². The van der Waals surface area contributed by atoms with Gasteiger partial charge in [-0.05, 0) is 45.0 Å². The van der Waals surface area contributed by atoms with Crippen molar-refractivity contribution in [3.8, 4) is 5.75 Å². The van der Waals surface area contributed by atoms with E-state index in [2.05, 4.69) is 11.9 Å². The van der Waals surface area contributed by atoms with Gasteiger partial charge in [-0.25, -0.2) is 4.39 Å². The second-order valence-electron chi connectivity index (χ2n) is 5.58. The molecule has 2 rings (SSSR count). The van der Waals surface area contributed by atoms with E-state index in [4.69, 9.17) is 15.2 Å². The van der Waals surface area contributed by atoms with Crippen molar-refractivity contribution in [1.29, 1.82) is 0 Å². The Hall–Kier alpha value is -1.17. The molecule has 0 aromatic heterocycles. The van der Waals surface area contributed by atoms with Crippen LogP contribution in [0.15, 0.2) is 18.2 Å². The number of hydrogen-bond acceptors (Lipinski definition) is 4. The van der Waals surface area contributed by atoms with Gasteiger partial charge in [-0.15, -0.1) is 0 Å². The quantitative estimate of drug-likeness (QED) is 0.875. The zero-order chi connectivity index (χ0) is 15.2. The van der Waals surface area contributed by atoms with Gasteiger partial charge < -0.3 is 20.1 Å². The molecular formula is C16H25FN2O2. The van der Waals surface area contributed by atoms with Crippen molar-refractivity contribution in [2.45, 2.75) is 31.3 Å². The van der Waals surface area contributed by atoms with E-state index in [9.17, 15) is 4.39 Å². The highest BCUT2D eigenvalue weighted by atomic mass is 19.1. The van der Waals surface area contributed by atoms with Crippen molar-refractivity contribution in [2.75, 3.05) is 33.9 Å². The fourth-order valence-electron chi connectivity index (χ4n) is 2.85. The van der Waals surface area contributed by atoms with Gasteiger partial charge in [0.25, 0.3) is 0 Å². The van der Waals surface area contributed by atoms with Gasteiger partial charge in [0.1, 0.15) is 11.6 Å². The summed E-state index contributed by atoms with van der Waals surface area (Å²) < 4.78 is 24.6. The molecule has 0 bridgehead atoms. The Morgan fingerprint density at radius 2 is 2.14 bits per heavy atom. The lowest BCUT2D eigenvalue weighted by molar-refractivity contribution is 0.0422. The maximum absolute atomic E-state index is 14.0. The predicted octanol–water partition coefficient (Wildman–Crippen LogP) is 2.34. The van der Waals surface area contributed by atoms with E-state index in [-0.39, 0.29) is 11.9 Å². The van der Waals surface area contributed by atoms with Gasteiger partial charge in [-0.3, -0.25) is 0 Å². The lowest BCUT2D eigenvalue weighted by Gasteiger charge is -2.32. The van der Waals surface area contributed by atoms with Crippen LogP contribution in [0.4, 0.5) is 4.39 Å². The molecule has 1 aliphatic heterocycles. The fraction of sp³-hybridized carbons (Fsp3) is 0.625. The number of ether oxygens (including phenoxy) is 2. The minimum atomic E-state index is -0.358. The predicted molar refractivity (Wildman–Crippen MR) is 81.0 cm³/mol. The van der Waals surface area contributed by atoms with Gasteiger partial charge in [0, 0.05) is 30.9 Å². The number of rotatable bonds is 6. The highest BCUT2D eigenvalue weighted by Gasteiger charge is 2.21. The molecule has 0 aliphatic carbocycles. The summed E-state index contributed by atoms with van der Waals surface area (Å²) in [6, 6.07) is 5.00. The molecule has 5 heteroatoms. The standard InChI is InChI=1S/C16H25FN2O2/c1-19(12-7-10-21-11-8-12)9-6-14(18)16-13(17)4-3-5-15(16)20-2/h3-5,12,14H,6-11,18H2,1-2H3. The second-order valence-corrected chi connectivity index (χ2v) is 5.58. The Morgan fingerprint density at radius 3 is 2.81 bits per heavy atom. The van der Waals surface area contributed by atoms with Crippen LogP contribution in [0.2, 0.25) is 0 Å². The lowest BCUT2D eigenvalue weighted by atomic mass is 10.0.